The highest BCUT2D eigenvalue weighted by molar-refractivity contribution is 5.92. The molecule has 5 rings (SSSR count). The number of aromatic nitrogens is 1. The highest BCUT2D eigenvalue weighted by Gasteiger charge is 2.33. The Morgan fingerprint density at radius 1 is 1.02 bits per heavy atom. The summed E-state index contributed by atoms with van der Waals surface area (Å²) in [6.07, 6.45) is 3.17. The number of nitrogens with one attached hydrogen (secondary N) is 2. The first-order chi connectivity index (χ1) is 19.5. The standard InChI is InChI=1S/C30H33N5O5/c1-39-28(36)26(17-22-11-12-27(31-18-22)40-20-21-7-3-2-4-8-21)33-29(37)34-15-13-24(14-16-34)35-19-23-9-5-6-10-25(23)32-30(35)38/h2-12,18,24,26H,13-17,19-20H2,1H3,(H,32,38)(H,33,37). The number of fused-ring (bicyclic) bond motifs is 1. The van der Waals surface area contributed by atoms with Crippen molar-refractivity contribution in [2.45, 2.75) is 44.5 Å². The number of piperidine rings is 1. The summed E-state index contributed by atoms with van der Waals surface area (Å²) in [5.41, 5.74) is 3.72. The lowest BCUT2D eigenvalue weighted by Gasteiger charge is -2.40. The molecular weight excluding hydrogens is 510 g/mol. The Kier molecular flexibility index (Phi) is 8.44. The van der Waals surface area contributed by atoms with Gasteiger partial charge in [-0.25, -0.2) is 19.4 Å². The van der Waals surface area contributed by atoms with Crippen LogP contribution in [-0.4, -0.2) is 65.1 Å². The normalized spacial score (nSPS) is 16.0. The maximum atomic E-state index is 13.1. The van der Waals surface area contributed by atoms with Crippen LogP contribution in [0, 0.1) is 0 Å². The highest BCUT2D eigenvalue weighted by Crippen LogP contribution is 2.27. The van der Waals surface area contributed by atoms with Crippen molar-refractivity contribution in [1.82, 2.24) is 20.1 Å². The second-order valence-electron chi connectivity index (χ2n) is 9.94. The molecule has 208 valence electrons. The molecule has 2 aromatic carbocycles. The number of amides is 4. The number of ether oxygens (including phenoxy) is 2. The molecule has 40 heavy (non-hydrogen) atoms. The van der Waals surface area contributed by atoms with Crippen molar-refractivity contribution in [3.05, 3.63) is 89.6 Å². The van der Waals surface area contributed by atoms with Crippen molar-refractivity contribution in [2.24, 2.45) is 0 Å². The lowest BCUT2D eigenvalue weighted by molar-refractivity contribution is -0.142. The van der Waals surface area contributed by atoms with E-state index in [-0.39, 0.29) is 24.5 Å². The summed E-state index contributed by atoms with van der Waals surface area (Å²) in [5, 5.41) is 5.78. The quantitative estimate of drug-likeness (QED) is 0.416. The summed E-state index contributed by atoms with van der Waals surface area (Å²) in [7, 11) is 1.30. The second kappa shape index (κ2) is 12.5. The second-order valence-corrected chi connectivity index (χ2v) is 9.94. The molecule has 4 amide bonds. The van der Waals surface area contributed by atoms with Crippen LogP contribution in [0.15, 0.2) is 72.9 Å². The molecule has 0 saturated carbocycles. The lowest BCUT2D eigenvalue weighted by Crippen LogP contribution is -2.54. The molecule has 0 aliphatic carbocycles. The van der Waals surface area contributed by atoms with Crippen LogP contribution in [0.1, 0.15) is 29.5 Å². The fraction of sp³-hybridized carbons (Fsp3) is 0.333. The average Bonchev–Trinajstić information content (AvgIpc) is 3.00. The van der Waals surface area contributed by atoms with Crippen molar-refractivity contribution in [3.8, 4) is 5.88 Å². The van der Waals surface area contributed by atoms with Crippen molar-refractivity contribution in [3.63, 3.8) is 0 Å². The van der Waals surface area contributed by atoms with Crippen molar-refractivity contribution >= 4 is 23.7 Å². The molecule has 1 saturated heterocycles. The number of hydrogen-bond donors (Lipinski definition) is 2. The molecule has 1 aromatic heterocycles. The van der Waals surface area contributed by atoms with Crippen molar-refractivity contribution in [2.75, 3.05) is 25.5 Å². The third-order valence-corrected chi connectivity index (χ3v) is 7.30. The predicted molar refractivity (Wildman–Crippen MR) is 149 cm³/mol. The van der Waals surface area contributed by atoms with Crippen LogP contribution in [0.25, 0.3) is 0 Å². The molecule has 0 bridgehead atoms. The molecule has 3 heterocycles. The first-order valence-electron chi connectivity index (χ1n) is 13.4. The number of para-hydroxylation sites is 1. The fourth-order valence-electron chi connectivity index (χ4n) is 5.06. The first-order valence-corrected chi connectivity index (χ1v) is 13.4. The summed E-state index contributed by atoms with van der Waals surface area (Å²) in [4.78, 5) is 46.1. The maximum absolute atomic E-state index is 13.1. The number of benzene rings is 2. The van der Waals surface area contributed by atoms with Crippen LogP contribution in [-0.2, 0) is 29.1 Å². The molecule has 1 unspecified atom stereocenters. The Balaban J connectivity index is 1.13. The van der Waals surface area contributed by atoms with Gasteiger partial charge < -0.3 is 29.9 Å². The SMILES string of the molecule is COC(=O)C(Cc1ccc(OCc2ccccc2)nc1)NC(=O)N1CCC(N2Cc3ccccc3NC2=O)CC1. The van der Waals surface area contributed by atoms with E-state index in [0.29, 0.717) is 45.0 Å². The van der Waals surface area contributed by atoms with E-state index in [2.05, 4.69) is 15.6 Å². The van der Waals surface area contributed by atoms with Crippen molar-refractivity contribution in [1.29, 1.82) is 0 Å². The number of pyridine rings is 1. The molecule has 2 aliphatic rings. The molecule has 0 spiro atoms. The van der Waals surface area contributed by atoms with Crippen LogP contribution in [0.4, 0.5) is 15.3 Å². The molecule has 0 radical (unpaired) electrons. The van der Waals surface area contributed by atoms with E-state index in [1.807, 2.05) is 65.6 Å². The van der Waals surface area contributed by atoms with Crippen LogP contribution in [0.2, 0.25) is 0 Å². The van der Waals surface area contributed by atoms with E-state index in [1.165, 1.54) is 7.11 Å². The van der Waals surface area contributed by atoms with Gasteiger partial charge in [0.15, 0.2) is 0 Å². The Labute approximate surface area is 233 Å². The van der Waals surface area contributed by atoms with E-state index in [1.54, 1.807) is 17.2 Å². The number of rotatable bonds is 8. The lowest BCUT2D eigenvalue weighted by atomic mass is 10.0. The number of carbonyl (C=O) groups is 3. The molecule has 10 heteroatoms. The van der Waals surface area contributed by atoms with Gasteiger partial charge in [-0.15, -0.1) is 0 Å². The van der Waals surface area contributed by atoms with E-state index in [9.17, 15) is 14.4 Å². The Hall–Kier alpha value is -4.60. The zero-order valence-electron chi connectivity index (χ0n) is 22.4. The third kappa shape index (κ3) is 6.51. The highest BCUT2D eigenvalue weighted by atomic mass is 16.5. The number of methoxy groups -OCH3 is 1. The predicted octanol–water partition coefficient (Wildman–Crippen LogP) is 3.97. The van der Waals surface area contributed by atoms with Gasteiger partial charge >= 0.3 is 18.0 Å². The molecule has 10 nitrogen and oxygen atoms in total. The third-order valence-electron chi connectivity index (χ3n) is 7.30. The van der Waals surface area contributed by atoms with Gasteiger partial charge in [0.2, 0.25) is 5.88 Å². The summed E-state index contributed by atoms with van der Waals surface area (Å²) in [6, 6.07) is 19.9. The van der Waals surface area contributed by atoms with Gasteiger partial charge in [-0.3, -0.25) is 0 Å². The number of hydrogen-bond acceptors (Lipinski definition) is 6. The van der Waals surface area contributed by atoms with Gasteiger partial charge in [0.1, 0.15) is 12.6 Å². The van der Waals surface area contributed by atoms with Crippen LogP contribution in [0.5, 0.6) is 5.88 Å². The molecule has 2 aliphatic heterocycles. The number of esters is 1. The summed E-state index contributed by atoms with van der Waals surface area (Å²) >= 11 is 0. The minimum Gasteiger partial charge on any atom is -0.473 e. The minimum absolute atomic E-state index is 0.0301. The number of anilines is 1. The van der Waals surface area contributed by atoms with E-state index >= 15 is 0 Å². The van der Waals surface area contributed by atoms with Gasteiger partial charge in [0.25, 0.3) is 0 Å². The monoisotopic (exact) mass is 543 g/mol. The number of nitrogens with zero attached hydrogens (tertiary/aromatic N) is 3. The summed E-state index contributed by atoms with van der Waals surface area (Å²) < 4.78 is 10.7. The van der Waals surface area contributed by atoms with Crippen LogP contribution >= 0.6 is 0 Å². The Morgan fingerprint density at radius 2 is 1.77 bits per heavy atom. The average molecular weight is 544 g/mol. The zero-order valence-corrected chi connectivity index (χ0v) is 22.4. The van der Waals surface area contributed by atoms with E-state index in [4.69, 9.17) is 9.47 Å². The van der Waals surface area contributed by atoms with Crippen LogP contribution in [0.3, 0.4) is 0 Å². The fourth-order valence-corrected chi connectivity index (χ4v) is 5.06. The molecule has 2 N–H and O–H groups in total. The molecule has 1 fully saturated rings. The van der Waals surface area contributed by atoms with E-state index in [0.717, 1.165) is 22.4 Å². The first kappa shape index (κ1) is 27.0. The van der Waals surface area contributed by atoms with Gasteiger partial charge in [-0.1, -0.05) is 54.6 Å². The van der Waals surface area contributed by atoms with Gasteiger partial charge in [-0.2, -0.15) is 0 Å². The molecular formula is C30H33N5O5. The molecule has 3 aromatic rings. The zero-order chi connectivity index (χ0) is 27.9. The number of urea groups is 2. The molecule has 1 atom stereocenters. The van der Waals surface area contributed by atoms with Crippen LogP contribution < -0.4 is 15.4 Å². The topological polar surface area (TPSA) is 113 Å². The van der Waals surface area contributed by atoms with E-state index < -0.39 is 12.0 Å². The Morgan fingerprint density at radius 3 is 2.50 bits per heavy atom. The summed E-state index contributed by atoms with van der Waals surface area (Å²) in [6.45, 7) is 1.91. The number of likely N-dealkylation sites (tertiary alicyclic amines) is 1. The largest absolute Gasteiger partial charge is 0.473 e. The van der Waals surface area contributed by atoms with Gasteiger partial charge in [0, 0.05) is 50.0 Å². The smallest absolute Gasteiger partial charge is 0.328 e. The Bertz CT molecular complexity index is 1330. The maximum Gasteiger partial charge on any atom is 0.328 e. The van der Waals surface area contributed by atoms with Crippen molar-refractivity contribution < 1.29 is 23.9 Å². The number of carbonyl (C=O) groups excluding carboxylic acids is 3. The minimum atomic E-state index is -0.863. The summed E-state index contributed by atoms with van der Waals surface area (Å²) in [5.74, 6) is -0.0590. The van der Waals surface area contributed by atoms with Gasteiger partial charge in [0.05, 0.1) is 7.11 Å². The van der Waals surface area contributed by atoms with Gasteiger partial charge in [-0.05, 0) is 35.6 Å².